The summed E-state index contributed by atoms with van der Waals surface area (Å²) in [6, 6.07) is 0. The van der Waals surface area contributed by atoms with E-state index in [1.807, 2.05) is 0 Å². The summed E-state index contributed by atoms with van der Waals surface area (Å²) < 4.78 is 38.1. The van der Waals surface area contributed by atoms with Crippen LogP contribution in [0.25, 0.3) is 0 Å². The molecule has 1 aromatic heterocycles. The third kappa shape index (κ3) is 1.70. The van der Waals surface area contributed by atoms with Crippen LogP contribution in [0, 0.1) is 0 Å². The number of nitrogens with zero attached hydrogens (tertiary/aromatic N) is 2. The van der Waals surface area contributed by atoms with E-state index in [0.29, 0.717) is 0 Å². The second-order valence-electron chi connectivity index (χ2n) is 1.73. The van der Waals surface area contributed by atoms with Gasteiger partial charge in [-0.3, -0.25) is 0 Å². The van der Waals surface area contributed by atoms with Gasteiger partial charge in [0.25, 0.3) is 0 Å². The predicted molar refractivity (Wildman–Crippen MR) is 31.9 cm³/mol. The third-order valence-corrected chi connectivity index (χ3v) is 1.57. The van der Waals surface area contributed by atoms with Crippen LogP contribution in [-0.2, 0) is 6.18 Å². The molecule has 0 amide bonds. The van der Waals surface area contributed by atoms with Gasteiger partial charge in [-0.25, -0.2) is 9.78 Å². The highest BCUT2D eigenvalue weighted by Crippen LogP contribution is 2.27. The number of rotatable bonds is 1. The third-order valence-electron chi connectivity index (χ3n) is 0.863. The second-order valence-corrected chi connectivity index (χ2v) is 2.48. The highest BCUT2D eigenvalue weighted by molar-refractivity contribution is 7.07. The standard InChI is InChI=1S/C4HF3N2O2S/c5-4(6,7)3-8-1(2(10)11)12-9-3/h(H,10,11). The molecule has 0 aliphatic heterocycles. The molecule has 4 nitrogen and oxygen atoms in total. The van der Waals surface area contributed by atoms with Crippen LogP contribution in [0.15, 0.2) is 0 Å². The van der Waals surface area contributed by atoms with Crippen LogP contribution in [0.2, 0.25) is 0 Å². The van der Waals surface area contributed by atoms with E-state index in [0.717, 1.165) is 0 Å². The topological polar surface area (TPSA) is 63.1 Å². The van der Waals surface area contributed by atoms with Crippen molar-refractivity contribution in [2.24, 2.45) is 0 Å². The van der Waals surface area contributed by atoms with Crippen LogP contribution >= 0.6 is 11.5 Å². The quantitative estimate of drug-likeness (QED) is 0.737. The van der Waals surface area contributed by atoms with Crippen molar-refractivity contribution in [1.29, 1.82) is 0 Å². The highest BCUT2D eigenvalue weighted by atomic mass is 32.1. The van der Waals surface area contributed by atoms with Crippen molar-refractivity contribution < 1.29 is 23.1 Å². The lowest BCUT2D eigenvalue weighted by molar-refractivity contribution is -0.144. The van der Waals surface area contributed by atoms with E-state index >= 15 is 0 Å². The van der Waals surface area contributed by atoms with Gasteiger partial charge in [0.05, 0.1) is 0 Å². The molecule has 0 saturated carbocycles. The molecule has 8 heteroatoms. The second kappa shape index (κ2) is 2.70. The molecular formula is C4HF3N2O2S. The van der Waals surface area contributed by atoms with Gasteiger partial charge in [0.1, 0.15) is 0 Å². The van der Waals surface area contributed by atoms with Crippen molar-refractivity contribution in [3.8, 4) is 0 Å². The zero-order valence-electron chi connectivity index (χ0n) is 5.29. The van der Waals surface area contributed by atoms with Crippen molar-refractivity contribution in [2.45, 2.75) is 6.18 Å². The molecule has 1 heterocycles. The largest absolute Gasteiger partial charge is 0.476 e. The van der Waals surface area contributed by atoms with Gasteiger partial charge in [-0.05, 0) is 11.5 Å². The van der Waals surface area contributed by atoms with Crippen LogP contribution in [0.5, 0.6) is 0 Å². The van der Waals surface area contributed by atoms with Crippen molar-refractivity contribution in [3.05, 3.63) is 10.8 Å². The lowest BCUT2D eigenvalue weighted by atomic mass is 10.6. The first-order valence-electron chi connectivity index (χ1n) is 2.55. The Labute approximate surface area is 67.8 Å². The van der Waals surface area contributed by atoms with Crippen LogP contribution in [0.1, 0.15) is 15.6 Å². The van der Waals surface area contributed by atoms with E-state index in [1.54, 1.807) is 0 Å². The normalized spacial score (nSPS) is 11.6. The van der Waals surface area contributed by atoms with Crippen molar-refractivity contribution in [3.63, 3.8) is 0 Å². The van der Waals surface area contributed by atoms with Gasteiger partial charge in [-0.15, -0.1) is 0 Å². The van der Waals surface area contributed by atoms with Crippen LogP contribution in [0.3, 0.4) is 0 Å². The molecular weight excluding hydrogens is 197 g/mol. The van der Waals surface area contributed by atoms with Gasteiger partial charge < -0.3 is 5.11 Å². The molecule has 0 radical (unpaired) electrons. The minimum atomic E-state index is -4.68. The van der Waals surface area contributed by atoms with E-state index < -0.39 is 23.0 Å². The van der Waals surface area contributed by atoms with E-state index in [-0.39, 0.29) is 11.5 Å². The Hall–Kier alpha value is -1.18. The zero-order valence-corrected chi connectivity index (χ0v) is 6.11. The predicted octanol–water partition coefficient (Wildman–Crippen LogP) is 1.26. The molecule has 0 aromatic carbocycles. The number of aromatic nitrogens is 2. The average Bonchev–Trinajstić information content (AvgIpc) is 2.30. The van der Waals surface area contributed by atoms with E-state index in [2.05, 4.69) is 9.36 Å². The molecule has 0 bridgehead atoms. The molecule has 12 heavy (non-hydrogen) atoms. The summed E-state index contributed by atoms with van der Waals surface area (Å²) in [6.45, 7) is 0. The van der Waals surface area contributed by atoms with Crippen LogP contribution in [0.4, 0.5) is 13.2 Å². The van der Waals surface area contributed by atoms with Crippen LogP contribution < -0.4 is 0 Å². The fourth-order valence-electron chi connectivity index (χ4n) is 0.425. The number of hydrogen-bond acceptors (Lipinski definition) is 4. The Morgan fingerprint density at radius 1 is 1.50 bits per heavy atom. The summed E-state index contributed by atoms with van der Waals surface area (Å²) in [5.41, 5.74) is 0. The fraction of sp³-hybridized carbons (Fsp3) is 0.250. The Kier molecular flexibility index (Phi) is 2.01. The van der Waals surface area contributed by atoms with E-state index in [4.69, 9.17) is 5.11 Å². The van der Waals surface area contributed by atoms with Gasteiger partial charge in [0.2, 0.25) is 10.8 Å². The monoisotopic (exact) mass is 198 g/mol. The lowest BCUT2D eigenvalue weighted by Crippen LogP contribution is -2.08. The summed E-state index contributed by atoms with van der Waals surface area (Å²) in [7, 11) is 0. The maximum absolute atomic E-state index is 11.8. The molecule has 0 aliphatic rings. The Morgan fingerprint density at radius 2 is 2.08 bits per heavy atom. The number of carbonyl (C=O) groups is 1. The first kappa shape index (κ1) is 8.91. The summed E-state index contributed by atoms with van der Waals surface area (Å²) in [5, 5.41) is 7.54. The molecule has 0 unspecified atom stereocenters. The molecule has 1 N–H and O–H groups in total. The number of alkyl halides is 3. The number of carboxylic acid groups (broad SMARTS) is 1. The fourth-order valence-corrected chi connectivity index (χ4v) is 0.948. The number of aromatic carboxylic acids is 1. The van der Waals surface area contributed by atoms with E-state index in [1.165, 1.54) is 0 Å². The smallest absolute Gasteiger partial charge is 0.452 e. The molecule has 1 aromatic rings. The number of carboxylic acids is 1. The summed E-state index contributed by atoms with van der Waals surface area (Å²) in [6.07, 6.45) is -4.68. The molecule has 66 valence electrons. The molecule has 1 rings (SSSR count). The number of halogens is 3. The molecule has 0 fully saturated rings. The van der Waals surface area contributed by atoms with Gasteiger partial charge in [-0.1, -0.05) is 0 Å². The van der Waals surface area contributed by atoms with E-state index in [9.17, 15) is 18.0 Å². The van der Waals surface area contributed by atoms with Crippen molar-refractivity contribution >= 4 is 17.5 Å². The van der Waals surface area contributed by atoms with Gasteiger partial charge in [-0.2, -0.15) is 17.5 Å². The Bertz CT molecular complexity index is 307. The molecule has 0 spiro atoms. The molecule has 0 saturated heterocycles. The SMILES string of the molecule is O=C(O)c1nc(C(F)(F)F)ns1. The first-order chi connectivity index (χ1) is 5.41. The van der Waals surface area contributed by atoms with Gasteiger partial charge in [0, 0.05) is 0 Å². The first-order valence-corrected chi connectivity index (χ1v) is 3.33. The van der Waals surface area contributed by atoms with Crippen molar-refractivity contribution in [2.75, 3.05) is 0 Å². The molecule has 0 atom stereocenters. The lowest BCUT2D eigenvalue weighted by Gasteiger charge is -1.96. The highest BCUT2D eigenvalue weighted by Gasteiger charge is 2.36. The van der Waals surface area contributed by atoms with Crippen LogP contribution in [-0.4, -0.2) is 20.4 Å². The minimum Gasteiger partial charge on any atom is -0.476 e. The minimum absolute atomic E-state index is 0.204. The van der Waals surface area contributed by atoms with Crippen molar-refractivity contribution in [1.82, 2.24) is 9.36 Å². The van der Waals surface area contributed by atoms with Gasteiger partial charge in [0.15, 0.2) is 0 Å². The zero-order chi connectivity index (χ0) is 9.35. The number of hydrogen-bond donors (Lipinski definition) is 1. The average molecular weight is 198 g/mol. The summed E-state index contributed by atoms with van der Waals surface area (Å²) in [4.78, 5) is 12.8. The molecule has 0 aliphatic carbocycles. The Balaban J connectivity index is 3.00. The maximum Gasteiger partial charge on any atom is 0.452 e. The summed E-state index contributed by atoms with van der Waals surface area (Å²) >= 11 is 0.204. The Morgan fingerprint density at radius 3 is 2.33 bits per heavy atom. The summed E-state index contributed by atoms with van der Waals surface area (Å²) in [5.74, 6) is -2.92. The van der Waals surface area contributed by atoms with Gasteiger partial charge >= 0.3 is 12.1 Å². The maximum atomic E-state index is 11.8.